The lowest BCUT2D eigenvalue weighted by Crippen LogP contribution is -2.37. The van der Waals surface area contributed by atoms with E-state index in [1.165, 1.54) is 17.9 Å². The van der Waals surface area contributed by atoms with E-state index in [0.29, 0.717) is 32.0 Å². The second-order valence-corrected chi connectivity index (χ2v) is 7.97. The highest BCUT2D eigenvalue weighted by Gasteiger charge is 2.33. The molecule has 0 bridgehead atoms. The molecule has 9 heteroatoms. The smallest absolute Gasteiger partial charge is 0.378 e. The molecule has 1 fully saturated rings. The number of hydrogen-bond donors (Lipinski definition) is 1. The largest absolute Gasteiger partial charge is 0.416 e. The number of nitrogens with one attached hydrogen (secondary N) is 1. The van der Waals surface area contributed by atoms with Crippen LogP contribution in [0.4, 0.5) is 24.5 Å². The molecule has 4 rings (SSSR count). The van der Waals surface area contributed by atoms with E-state index >= 15 is 0 Å². The molecule has 0 unspecified atom stereocenters. The van der Waals surface area contributed by atoms with Crippen molar-refractivity contribution in [1.29, 1.82) is 0 Å². The molecule has 6 nitrogen and oxygen atoms in total. The average Bonchev–Trinajstić information content (AvgIpc) is 2.79. The Labute approximate surface area is 189 Å². The Balaban J connectivity index is 1.62. The van der Waals surface area contributed by atoms with E-state index in [1.54, 1.807) is 12.3 Å². The number of amides is 2. The van der Waals surface area contributed by atoms with Crippen LogP contribution in [0.2, 0.25) is 0 Å². The molecule has 0 spiro atoms. The highest BCUT2D eigenvalue weighted by molar-refractivity contribution is 5.95. The summed E-state index contributed by atoms with van der Waals surface area (Å²) in [4.78, 5) is 28.6. The lowest BCUT2D eigenvalue weighted by Gasteiger charge is -2.33. The highest BCUT2D eigenvalue weighted by atomic mass is 19.4. The van der Waals surface area contributed by atoms with Gasteiger partial charge < -0.3 is 19.9 Å². The third-order valence-corrected chi connectivity index (χ3v) is 5.80. The second-order valence-electron chi connectivity index (χ2n) is 7.97. The molecule has 1 saturated heterocycles. The number of morpholine rings is 1. The summed E-state index contributed by atoms with van der Waals surface area (Å²) in [5, 5.41) is 2.67. The van der Waals surface area contributed by atoms with Crippen molar-refractivity contribution in [1.82, 2.24) is 4.90 Å². The zero-order valence-corrected chi connectivity index (χ0v) is 18.1. The molecule has 0 saturated carbocycles. The van der Waals surface area contributed by atoms with Crippen LogP contribution in [0.15, 0.2) is 48.7 Å². The number of rotatable bonds is 4. The fourth-order valence-electron chi connectivity index (χ4n) is 4.18. The van der Waals surface area contributed by atoms with Crippen LogP contribution >= 0.6 is 0 Å². The Kier molecular flexibility index (Phi) is 6.42. The molecule has 1 atom stereocenters. The monoisotopic (exact) mass is 459 g/mol. The summed E-state index contributed by atoms with van der Waals surface area (Å²) in [5.74, 6) is -0.711. The minimum Gasteiger partial charge on any atom is -0.378 e. The lowest BCUT2D eigenvalue weighted by molar-refractivity contribution is -0.137. The first kappa shape index (κ1) is 22.8. The van der Waals surface area contributed by atoms with Crippen LogP contribution in [-0.4, -0.2) is 43.0 Å². The molecule has 2 aromatic carbocycles. The predicted molar refractivity (Wildman–Crippen MR) is 118 cm³/mol. The van der Waals surface area contributed by atoms with Crippen LogP contribution < -0.4 is 10.2 Å². The number of hydrogen-bond acceptors (Lipinski definition) is 4. The maximum atomic E-state index is 13.4. The van der Waals surface area contributed by atoms with Gasteiger partial charge in [-0.25, -0.2) is 0 Å². The second kappa shape index (κ2) is 9.27. The molecule has 0 aliphatic carbocycles. The third kappa shape index (κ3) is 5.03. The summed E-state index contributed by atoms with van der Waals surface area (Å²) in [6.45, 7) is 3.33. The van der Waals surface area contributed by atoms with Gasteiger partial charge in [0.25, 0.3) is 0 Å². The number of alkyl halides is 3. The molecule has 1 N–H and O–H groups in total. The van der Waals surface area contributed by atoms with E-state index < -0.39 is 23.7 Å². The number of carbonyl (C=O) groups excluding carboxylic acids is 2. The number of benzene rings is 2. The zero-order valence-electron chi connectivity index (χ0n) is 18.1. The molecule has 0 radical (unpaired) electrons. The number of carbonyl (C=O) groups is 2. The number of ether oxygens (including phenoxy) is 1. The van der Waals surface area contributed by atoms with Gasteiger partial charge in [-0.05, 0) is 35.4 Å². The van der Waals surface area contributed by atoms with Gasteiger partial charge in [0.1, 0.15) is 0 Å². The lowest BCUT2D eigenvalue weighted by atomic mass is 9.93. The van der Waals surface area contributed by atoms with Gasteiger partial charge >= 0.3 is 6.18 Å². The third-order valence-electron chi connectivity index (χ3n) is 5.80. The van der Waals surface area contributed by atoms with Gasteiger partial charge in [-0.3, -0.25) is 9.59 Å². The average molecular weight is 459 g/mol. The fraction of sp³-hybridized carbons (Fsp3) is 0.333. The van der Waals surface area contributed by atoms with Gasteiger partial charge in [0.2, 0.25) is 11.8 Å². The normalized spacial score (nSPS) is 18.1. The Morgan fingerprint density at radius 2 is 1.85 bits per heavy atom. The maximum absolute atomic E-state index is 13.4. The van der Waals surface area contributed by atoms with Crippen LogP contribution in [-0.2, 0) is 20.5 Å². The van der Waals surface area contributed by atoms with Crippen molar-refractivity contribution in [3.05, 3.63) is 65.4 Å². The number of nitrogens with zero attached hydrogens (tertiary/aromatic N) is 2. The predicted octanol–water partition coefficient (Wildman–Crippen LogP) is 4.44. The Morgan fingerprint density at radius 1 is 1.12 bits per heavy atom. The van der Waals surface area contributed by atoms with Crippen LogP contribution in [0.1, 0.15) is 36.1 Å². The molecule has 2 heterocycles. The van der Waals surface area contributed by atoms with E-state index in [9.17, 15) is 22.8 Å². The maximum Gasteiger partial charge on any atom is 0.416 e. The summed E-state index contributed by atoms with van der Waals surface area (Å²) >= 11 is 0. The van der Waals surface area contributed by atoms with E-state index in [-0.39, 0.29) is 18.0 Å². The van der Waals surface area contributed by atoms with Crippen molar-refractivity contribution in [2.75, 3.05) is 36.5 Å². The molecule has 0 aromatic heterocycles. The topological polar surface area (TPSA) is 61.9 Å². The van der Waals surface area contributed by atoms with Crippen molar-refractivity contribution < 1.29 is 27.5 Å². The summed E-state index contributed by atoms with van der Waals surface area (Å²) in [6, 6.07) is 10.2. The van der Waals surface area contributed by atoms with Gasteiger partial charge in [0.15, 0.2) is 0 Å². The van der Waals surface area contributed by atoms with E-state index in [4.69, 9.17) is 4.74 Å². The molecule has 174 valence electrons. The van der Waals surface area contributed by atoms with Gasteiger partial charge in [-0.2, -0.15) is 13.2 Å². The van der Waals surface area contributed by atoms with Gasteiger partial charge in [0, 0.05) is 26.2 Å². The minimum atomic E-state index is -4.54. The van der Waals surface area contributed by atoms with Gasteiger partial charge in [0.05, 0.1) is 42.6 Å². The van der Waals surface area contributed by atoms with Crippen LogP contribution in [0.3, 0.4) is 0 Å². The standard InChI is InChI=1S/C24H24F3N3O3/c1-16(31)30-9-8-17-4-2-3-5-19(17)22(30)15-23(32)28-20-14-18(24(25,26)27)6-7-21(20)29-10-12-33-13-11-29/h2-9,14,22H,10-13,15H2,1H3,(H,28,32)/t22-/m0/s1. The summed E-state index contributed by atoms with van der Waals surface area (Å²) in [5.41, 5.74) is 1.45. The van der Waals surface area contributed by atoms with Crippen molar-refractivity contribution in [2.24, 2.45) is 0 Å². The first-order chi connectivity index (χ1) is 15.7. The summed E-state index contributed by atoms with van der Waals surface area (Å²) in [6.07, 6.45) is -1.21. The number of fused-ring (bicyclic) bond motifs is 1. The molecule has 2 aromatic rings. The minimum absolute atomic E-state index is 0.0886. The van der Waals surface area contributed by atoms with E-state index in [2.05, 4.69) is 5.32 Å². The summed E-state index contributed by atoms with van der Waals surface area (Å²) < 4.78 is 45.4. The molecular weight excluding hydrogens is 435 g/mol. The number of anilines is 2. The number of halogens is 3. The Bertz CT molecular complexity index is 1080. The van der Waals surface area contributed by atoms with E-state index in [0.717, 1.165) is 23.3 Å². The molecule has 33 heavy (non-hydrogen) atoms. The van der Waals surface area contributed by atoms with Crippen LogP contribution in [0.5, 0.6) is 0 Å². The van der Waals surface area contributed by atoms with Crippen molar-refractivity contribution >= 4 is 29.3 Å². The van der Waals surface area contributed by atoms with Crippen LogP contribution in [0, 0.1) is 0 Å². The van der Waals surface area contributed by atoms with Gasteiger partial charge in [-0.15, -0.1) is 0 Å². The summed E-state index contributed by atoms with van der Waals surface area (Å²) in [7, 11) is 0. The van der Waals surface area contributed by atoms with Crippen LogP contribution in [0.25, 0.3) is 6.08 Å². The van der Waals surface area contributed by atoms with E-state index in [1.807, 2.05) is 29.2 Å². The zero-order chi connectivity index (χ0) is 23.6. The molecular formula is C24H24F3N3O3. The fourth-order valence-corrected chi connectivity index (χ4v) is 4.18. The van der Waals surface area contributed by atoms with Gasteiger partial charge in [-0.1, -0.05) is 24.3 Å². The first-order valence-electron chi connectivity index (χ1n) is 10.6. The molecule has 2 aliphatic rings. The Morgan fingerprint density at radius 3 is 2.55 bits per heavy atom. The van der Waals surface area contributed by atoms with Crippen molar-refractivity contribution in [3.8, 4) is 0 Å². The van der Waals surface area contributed by atoms with Crippen molar-refractivity contribution in [2.45, 2.75) is 25.6 Å². The van der Waals surface area contributed by atoms with Crippen molar-refractivity contribution in [3.63, 3.8) is 0 Å². The SMILES string of the molecule is CC(=O)N1C=Cc2ccccc2[C@@H]1CC(=O)Nc1cc(C(F)(F)F)ccc1N1CCOCC1. The highest BCUT2D eigenvalue weighted by Crippen LogP contribution is 2.37. The molecule has 2 amide bonds. The quantitative estimate of drug-likeness (QED) is 0.734. The Hall–Kier alpha value is -3.33. The molecule has 2 aliphatic heterocycles. The first-order valence-corrected chi connectivity index (χ1v) is 10.6.